The van der Waals surface area contributed by atoms with Crippen LogP contribution in [0.1, 0.15) is 16.8 Å². The van der Waals surface area contributed by atoms with Crippen LogP contribution < -0.4 is 10.1 Å². The molecule has 8 heteroatoms. The first-order valence-electron chi connectivity index (χ1n) is 7.23. The molecular formula is C15H19FN2O5. The summed E-state index contributed by atoms with van der Waals surface area (Å²) in [7, 11) is 1.22. The van der Waals surface area contributed by atoms with Crippen LogP contribution in [-0.4, -0.2) is 61.5 Å². The van der Waals surface area contributed by atoms with Gasteiger partial charge in [0.05, 0.1) is 19.3 Å². The molecule has 0 aromatic heterocycles. The minimum absolute atomic E-state index is 0.0303. The van der Waals surface area contributed by atoms with Crippen molar-refractivity contribution in [3.63, 3.8) is 0 Å². The number of carbonyl (C=O) groups is 2. The summed E-state index contributed by atoms with van der Waals surface area (Å²) >= 11 is 0. The van der Waals surface area contributed by atoms with Crippen LogP contribution in [0.25, 0.3) is 0 Å². The minimum atomic E-state index is -0.943. The molecule has 0 spiro atoms. The highest BCUT2D eigenvalue weighted by Gasteiger charge is 2.22. The number of piperazine rings is 1. The fourth-order valence-electron chi connectivity index (χ4n) is 2.37. The highest BCUT2D eigenvalue weighted by Crippen LogP contribution is 2.19. The summed E-state index contributed by atoms with van der Waals surface area (Å²) in [5.41, 5.74) is 0.114. The van der Waals surface area contributed by atoms with E-state index in [4.69, 9.17) is 9.84 Å². The quantitative estimate of drug-likeness (QED) is 0.794. The SMILES string of the molecule is COC(=O)c1ccc(OCC[C@@H]2CN(C(=O)O)CCN2)c(F)c1. The van der Waals surface area contributed by atoms with E-state index < -0.39 is 17.9 Å². The summed E-state index contributed by atoms with van der Waals surface area (Å²) in [6, 6.07) is 3.83. The Labute approximate surface area is 133 Å². The first kappa shape index (κ1) is 17.0. The van der Waals surface area contributed by atoms with Crippen molar-refractivity contribution < 1.29 is 28.6 Å². The number of nitrogens with zero attached hydrogens (tertiary/aromatic N) is 1. The van der Waals surface area contributed by atoms with E-state index >= 15 is 0 Å². The molecule has 1 aliphatic heterocycles. The largest absolute Gasteiger partial charge is 0.490 e. The molecule has 0 unspecified atom stereocenters. The van der Waals surface area contributed by atoms with Gasteiger partial charge in [0.1, 0.15) is 0 Å². The van der Waals surface area contributed by atoms with E-state index in [0.29, 0.717) is 26.1 Å². The van der Waals surface area contributed by atoms with Gasteiger partial charge >= 0.3 is 12.1 Å². The number of carbonyl (C=O) groups excluding carboxylic acids is 1. The van der Waals surface area contributed by atoms with E-state index in [9.17, 15) is 14.0 Å². The van der Waals surface area contributed by atoms with Gasteiger partial charge in [-0.05, 0) is 24.6 Å². The second kappa shape index (κ2) is 7.77. The molecule has 126 valence electrons. The Kier molecular flexibility index (Phi) is 5.75. The molecule has 0 aliphatic carbocycles. The topological polar surface area (TPSA) is 88.1 Å². The molecule has 1 saturated heterocycles. The zero-order valence-electron chi connectivity index (χ0n) is 12.8. The fourth-order valence-corrected chi connectivity index (χ4v) is 2.37. The summed E-state index contributed by atoms with van der Waals surface area (Å²) in [5.74, 6) is -1.21. The van der Waals surface area contributed by atoms with Gasteiger partial charge in [-0.3, -0.25) is 0 Å². The Morgan fingerprint density at radius 1 is 1.48 bits per heavy atom. The number of halogens is 1. The Morgan fingerprint density at radius 3 is 2.91 bits per heavy atom. The van der Waals surface area contributed by atoms with Crippen LogP contribution in [0.4, 0.5) is 9.18 Å². The van der Waals surface area contributed by atoms with Crippen LogP contribution in [0.3, 0.4) is 0 Å². The van der Waals surface area contributed by atoms with Crippen LogP contribution in [0.2, 0.25) is 0 Å². The van der Waals surface area contributed by atoms with Crippen molar-refractivity contribution in [2.75, 3.05) is 33.4 Å². The number of nitrogens with one attached hydrogen (secondary N) is 1. The van der Waals surface area contributed by atoms with Gasteiger partial charge in [0.15, 0.2) is 11.6 Å². The normalized spacial score (nSPS) is 17.7. The monoisotopic (exact) mass is 326 g/mol. The van der Waals surface area contributed by atoms with E-state index in [-0.39, 0.29) is 24.0 Å². The maximum absolute atomic E-state index is 13.8. The standard InChI is InChI=1S/C15H19FN2O5/c1-22-14(19)10-2-3-13(12(16)8-10)23-7-4-11-9-18(15(20)21)6-5-17-11/h2-3,8,11,17H,4-7,9H2,1H3,(H,20,21)/t11-/m1/s1. The van der Waals surface area contributed by atoms with Crippen molar-refractivity contribution in [3.05, 3.63) is 29.6 Å². The number of ether oxygens (including phenoxy) is 2. The second-order valence-electron chi connectivity index (χ2n) is 5.15. The second-order valence-corrected chi connectivity index (χ2v) is 5.15. The Morgan fingerprint density at radius 2 is 2.26 bits per heavy atom. The maximum Gasteiger partial charge on any atom is 0.407 e. The number of methoxy groups -OCH3 is 1. The molecule has 2 N–H and O–H groups in total. The summed E-state index contributed by atoms with van der Waals surface area (Å²) in [5, 5.41) is 12.2. The van der Waals surface area contributed by atoms with Crippen LogP contribution >= 0.6 is 0 Å². The Hall–Kier alpha value is -2.35. The molecule has 23 heavy (non-hydrogen) atoms. The highest BCUT2D eigenvalue weighted by molar-refractivity contribution is 5.89. The molecule has 0 saturated carbocycles. The highest BCUT2D eigenvalue weighted by atomic mass is 19.1. The van der Waals surface area contributed by atoms with E-state index in [2.05, 4.69) is 10.1 Å². The Balaban J connectivity index is 1.84. The summed E-state index contributed by atoms with van der Waals surface area (Å²) < 4.78 is 23.7. The number of rotatable bonds is 5. The predicted molar refractivity (Wildman–Crippen MR) is 79.2 cm³/mol. The first-order chi connectivity index (χ1) is 11.0. The summed E-state index contributed by atoms with van der Waals surface area (Å²) in [6.07, 6.45) is -0.399. The number of esters is 1. The van der Waals surface area contributed by atoms with Crippen molar-refractivity contribution in [2.45, 2.75) is 12.5 Å². The molecule has 1 atom stereocenters. The van der Waals surface area contributed by atoms with Gasteiger partial charge < -0.3 is 24.8 Å². The van der Waals surface area contributed by atoms with Gasteiger partial charge in [0.2, 0.25) is 0 Å². The molecule has 0 radical (unpaired) electrons. The minimum Gasteiger partial charge on any atom is -0.490 e. The number of amides is 1. The van der Waals surface area contributed by atoms with Crippen molar-refractivity contribution >= 4 is 12.1 Å². The molecule has 1 aliphatic rings. The molecule has 2 rings (SSSR count). The molecule has 1 aromatic rings. The van der Waals surface area contributed by atoms with Crippen molar-refractivity contribution in [2.24, 2.45) is 0 Å². The third-order valence-electron chi connectivity index (χ3n) is 3.60. The summed E-state index contributed by atoms with van der Waals surface area (Å²) in [4.78, 5) is 23.6. The third-order valence-corrected chi connectivity index (χ3v) is 3.60. The van der Waals surface area contributed by atoms with Crippen molar-refractivity contribution in [1.29, 1.82) is 0 Å². The predicted octanol–water partition coefficient (Wildman–Crippen LogP) is 1.33. The maximum atomic E-state index is 13.8. The van der Waals surface area contributed by atoms with Crippen LogP contribution in [0.15, 0.2) is 18.2 Å². The molecule has 1 fully saturated rings. The number of carboxylic acid groups (broad SMARTS) is 1. The van der Waals surface area contributed by atoms with Gasteiger partial charge in [-0.25, -0.2) is 14.0 Å². The zero-order valence-corrected chi connectivity index (χ0v) is 12.8. The smallest absolute Gasteiger partial charge is 0.407 e. The lowest BCUT2D eigenvalue weighted by atomic mass is 10.1. The molecule has 7 nitrogen and oxygen atoms in total. The lowest BCUT2D eigenvalue weighted by Gasteiger charge is -2.31. The van der Waals surface area contributed by atoms with E-state index in [1.165, 1.54) is 24.1 Å². The fraction of sp³-hybridized carbons (Fsp3) is 0.467. The molecule has 0 bridgehead atoms. The molecule has 1 amide bonds. The average Bonchev–Trinajstić information content (AvgIpc) is 2.55. The van der Waals surface area contributed by atoms with Crippen molar-refractivity contribution in [1.82, 2.24) is 10.2 Å². The lowest BCUT2D eigenvalue weighted by Crippen LogP contribution is -2.52. The van der Waals surface area contributed by atoms with Gasteiger partial charge in [-0.1, -0.05) is 0 Å². The van der Waals surface area contributed by atoms with Gasteiger partial charge in [0.25, 0.3) is 0 Å². The lowest BCUT2D eigenvalue weighted by molar-refractivity contribution is 0.0600. The van der Waals surface area contributed by atoms with Gasteiger partial charge in [0, 0.05) is 25.7 Å². The Bertz CT molecular complexity index is 581. The molecule has 1 aromatic carbocycles. The van der Waals surface area contributed by atoms with Gasteiger partial charge in [-0.15, -0.1) is 0 Å². The number of hydrogen-bond donors (Lipinski definition) is 2. The van der Waals surface area contributed by atoms with Crippen LogP contribution in [0.5, 0.6) is 5.75 Å². The van der Waals surface area contributed by atoms with E-state index in [1.807, 2.05) is 0 Å². The zero-order chi connectivity index (χ0) is 16.8. The molecular weight excluding hydrogens is 307 g/mol. The van der Waals surface area contributed by atoms with E-state index in [1.54, 1.807) is 0 Å². The number of benzene rings is 1. The number of hydrogen-bond acceptors (Lipinski definition) is 5. The van der Waals surface area contributed by atoms with Gasteiger partial charge in [-0.2, -0.15) is 0 Å². The van der Waals surface area contributed by atoms with Crippen molar-refractivity contribution in [3.8, 4) is 5.75 Å². The molecule has 1 heterocycles. The van der Waals surface area contributed by atoms with E-state index in [0.717, 1.165) is 6.07 Å². The third kappa shape index (κ3) is 4.56. The average molecular weight is 326 g/mol. The van der Waals surface area contributed by atoms with Crippen LogP contribution in [-0.2, 0) is 4.74 Å². The summed E-state index contributed by atoms with van der Waals surface area (Å²) in [6.45, 7) is 1.65. The van der Waals surface area contributed by atoms with Crippen LogP contribution in [0, 0.1) is 5.82 Å². The first-order valence-corrected chi connectivity index (χ1v) is 7.23.